The summed E-state index contributed by atoms with van der Waals surface area (Å²) >= 11 is 0. The first kappa shape index (κ1) is 9.38. The van der Waals surface area contributed by atoms with Crippen LogP contribution in [-0.2, 0) is 11.2 Å². The van der Waals surface area contributed by atoms with Gasteiger partial charge in [0.05, 0.1) is 5.69 Å². The quantitative estimate of drug-likeness (QED) is 0.479. The summed E-state index contributed by atoms with van der Waals surface area (Å²) in [5, 5.41) is 17.5. The van der Waals surface area contributed by atoms with E-state index in [-0.39, 0.29) is 17.9 Å². The minimum Gasteiger partial charge on any atom is -0.506 e. The molecule has 13 heavy (non-hydrogen) atoms. The summed E-state index contributed by atoms with van der Waals surface area (Å²) in [6.45, 7) is 0. The Morgan fingerprint density at radius 2 is 2.15 bits per heavy atom. The summed E-state index contributed by atoms with van der Waals surface area (Å²) in [6, 6.07) is 4.71. The van der Waals surface area contributed by atoms with E-state index in [0.717, 1.165) is 5.56 Å². The molecule has 0 aliphatic rings. The largest absolute Gasteiger partial charge is 0.506 e. The second-order valence-corrected chi connectivity index (χ2v) is 2.79. The van der Waals surface area contributed by atoms with Gasteiger partial charge in [-0.15, -0.1) is 0 Å². The number of aryl methyl sites for hydroxylation is 1. The molecule has 0 aromatic heterocycles. The van der Waals surface area contributed by atoms with Gasteiger partial charge in [0.2, 0.25) is 0 Å². The minimum atomic E-state index is -0.841. The zero-order valence-corrected chi connectivity index (χ0v) is 7.03. The van der Waals surface area contributed by atoms with Crippen LogP contribution in [0.3, 0.4) is 0 Å². The van der Waals surface area contributed by atoms with Crippen LogP contribution in [0.5, 0.6) is 5.75 Å². The van der Waals surface area contributed by atoms with E-state index >= 15 is 0 Å². The zero-order chi connectivity index (χ0) is 9.84. The molecule has 0 spiro atoms. The second-order valence-electron chi connectivity index (χ2n) is 2.79. The van der Waals surface area contributed by atoms with Crippen LogP contribution >= 0.6 is 0 Å². The van der Waals surface area contributed by atoms with Gasteiger partial charge in [0.25, 0.3) is 0 Å². The Bertz CT molecular complexity index is 323. The number of phenols is 1. The van der Waals surface area contributed by atoms with Crippen molar-refractivity contribution < 1.29 is 15.0 Å². The molecule has 0 aliphatic heterocycles. The summed E-state index contributed by atoms with van der Waals surface area (Å²) in [6.07, 6.45) is 0.504. The predicted molar refractivity (Wildman–Crippen MR) is 48.5 cm³/mol. The van der Waals surface area contributed by atoms with Crippen LogP contribution in [0.1, 0.15) is 12.0 Å². The average Bonchev–Trinajstić information content (AvgIpc) is 2.07. The molecule has 0 amide bonds. The van der Waals surface area contributed by atoms with Crippen molar-refractivity contribution in [1.29, 1.82) is 0 Å². The summed E-state index contributed by atoms with van der Waals surface area (Å²) in [7, 11) is 0. The molecule has 4 nitrogen and oxygen atoms in total. The number of hydrogen-bond acceptors (Lipinski definition) is 3. The van der Waals surface area contributed by atoms with Gasteiger partial charge in [-0.25, -0.2) is 0 Å². The van der Waals surface area contributed by atoms with E-state index in [2.05, 4.69) is 0 Å². The van der Waals surface area contributed by atoms with Gasteiger partial charge >= 0.3 is 5.97 Å². The Morgan fingerprint density at radius 3 is 2.69 bits per heavy atom. The Morgan fingerprint density at radius 1 is 1.46 bits per heavy atom. The van der Waals surface area contributed by atoms with Gasteiger partial charge in [-0.2, -0.15) is 0 Å². The van der Waals surface area contributed by atoms with Crippen molar-refractivity contribution in [1.82, 2.24) is 0 Å². The van der Waals surface area contributed by atoms with Crippen molar-refractivity contribution in [3.63, 3.8) is 0 Å². The molecule has 1 rings (SSSR count). The average molecular weight is 181 g/mol. The van der Waals surface area contributed by atoms with Crippen LogP contribution in [0.25, 0.3) is 0 Å². The maximum atomic E-state index is 10.2. The molecule has 4 heteroatoms. The fraction of sp³-hybridized carbons (Fsp3) is 0.222. The van der Waals surface area contributed by atoms with E-state index in [1.165, 1.54) is 6.07 Å². The molecule has 0 unspecified atom stereocenters. The van der Waals surface area contributed by atoms with Crippen molar-refractivity contribution in [3.05, 3.63) is 23.8 Å². The lowest BCUT2D eigenvalue weighted by Gasteiger charge is -2.02. The molecule has 1 aromatic carbocycles. The molecule has 0 fully saturated rings. The Kier molecular flexibility index (Phi) is 2.74. The minimum absolute atomic E-state index is 0.0269. The van der Waals surface area contributed by atoms with Crippen molar-refractivity contribution in [2.45, 2.75) is 12.8 Å². The number of hydrogen-bond donors (Lipinski definition) is 3. The highest BCUT2D eigenvalue weighted by Crippen LogP contribution is 2.20. The lowest BCUT2D eigenvalue weighted by Crippen LogP contribution is -1.98. The van der Waals surface area contributed by atoms with Gasteiger partial charge in [-0.3, -0.25) is 4.79 Å². The number of carboxylic acids is 1. The molecule has 4 N–H and O–H groups in total. The van der Waals surface area contributed by atoms with Crippen molar-refractivity contribution >= 4 is 11.7 Å². The number of carbonyl (C=O) groups is 1. The first-order valence-electron chi connectivity index (χ1n) is 3.89. The van der Waals surface area contributed by atoms with Crippen LogP contribution in [0.15, 0.2) is 18.2 Å². The molecular weight excluding hydrogens is 170 g/mol. The number of benzene rings is 1. The zero-order valence-electron chi connectivity index (χ0n) is 7.03. The number of aromatic hydroxyl groups is 1. The van der Waals surface area contributed by atoms with E-state index < -0.39 is 5.97 Å². The molecule has 1 aromatic rings. The first-order valence-corrected chi connectivity index (χ1v) is 3.89. The number of aliphatic carboxylic acids is 1. The lowest BCUT2D eigenvalue weighted by molar-refractivity contribution is -0.136. The van der Waals surface area contributed by atoms with E-state index in [4.69, 9.17) is 15.9 Å². The number of phenolic OH excluding ortho intramolecular Hbond substituents is 1. The number of nitrogen functional groups attached to an aromatic ring is 1. The maximum absolute atomic E-state index is 10.2. The number of rotatable bonds is 3. The highest BCUT2D eigenvalue weighted by atomic mass is 16.4. The monoisotopic (exact) mass is 181 g/mol. The van der Waals surface area contributed by atoms with E-state index in [0.29, 0.717) is 6.42 Å². The molecule has 0 bridgehead atoms. The van der Waals surface area contributed by atoms with Crippen LogP contribution in [0.4, 0.5) is 5.69 Å². The third-order valence-electron chi connectivity index (χ3n) is 1.72. The van der Waals surface area contributed by atoms with Gasteiger partial charge in [0, 0.05) is 6.42 Å². The number of carboxylic acid groups (broad SMARTS) is 1. The third kappa shape index (κ3) is 2.66. The predicted octanol–water partition coefficient (Wildman–Crippen LogP) is 0.992. The normalized spacial score (nSPS) is 9.85. The molecule has 0 atom stereocenters. The fourth-order valence-electron chi connectivity index (χ4n) is 1.01. The van der Waals surface area contributed by atoms with Crippen molar-refractivity contribution in [2.75, 3.05) is 5.73 Å². The first-order chi connectivity index (χ1) is 6.09. The molecular formula is C9H11NO3. The Balaban J connectivity index is 2.68. The van der Waals surface area contributed by atoms with Crippen LogP contribution in [0, 0.1) is 0 Å². The van der Waals surface area contributed by atoms with E-state index in [1.54, 1.807) is 12.1 Å². The van der Waals surface area contributed by atoms with Gasteiger partial charge in [-0.05, 0) is 24.1 Å². The highest BCUT2D eigenvalue weighted by Gasteiger charge is 2.01. The summed E-state index contributed by atoms with van der Waals surface area (Å²) in [5.74, 6) is -0.814. The van der Waals surface area contributed by atoms with Gasteiger partial charge in [-0.1, -0.05) is 6.07 Å². The van der Waals surface area contributed by atoms with Gasteiger partial charge in [0.1, 0.15) is 5.75 Å². The second kappa shape index (κ2) is 3.80. The molecule has 0 radical (unpaired) electrons. The van der Waals surface area contributed by atoms with Crippen molar-refractivity contribution in [3.8, 4) is 5.75 Å². The molecule has 0 saturated carbocycles. The Labute approximate surface area is 75.6 Å². The number of nitrogens with two attached hydrogens (primary N) is 1. The van der Waals surface area contributed by atoms with Gasteiger partial charge < -0.3 is 15.9 Å². The van der Waals surface area contributed by atoms with Crippen LogP contribution < -0.4 is 5.73 Å². The SMILES string of the molecule is Nc1cc(CCC(=O)O)ccc1O. The van der Waals surface area contributed by atoms with Crippen LogP contribution in [-0.4, -0.2) is 16.2 Å². The van der Waals surface area contributed by atoms with E-state index in [9.17, 15) is 4.79 Å². The fourth-order valence-corrected chi connectivity index (χ4v) is 1.01. The topological polar surface area (TPSA) is 83.6 Å². The Hall–Kier alpha value is -1.71. The third-order valence-corrected chi connectivity index (χ3v) is 1.72. The maximum Gasteiger partial charge on any atom is 0.303 e. The lowest BCUT2D eigenvalue weighted by atomic mass is 10.1. The summed E-state index contributed by atoms with van der Waals surface area (Å²) in [5.41, 5.74) is 6.53. The van der Waals surface area contributed by atoms with E-state index in [1.807, 2.05) is 0 Å². The molecule has 0 saturated heterocycles. The summed E-state index contributed by atoms with van der Waals surface area (Å²) in [4.78, 5) is 10.2. The smallest absolute Gasteiger partial charge is 0.303 e. The standard InChI is InChI=1S/C9H11NO3/c10-7-5-6(1-3-8(7)11)2-4-9(12)13/h1,3,5,11H,2,4,10H2,(H,12,13). The number of anilines is 1. The summed E-state index contributed by atoms with van der Waals surface area (Å²) < 4.78 is 0. The molecule has 70 valence electrons. The van der Waals surface area contributed by atoms with Gasteiger partial charge in [0.15, 0.2) is 0 Å². The van der Waals surface area contributed by atoms with Crippen molar-refractivity contribution in [2.24, 2.45) is 0 Å². The van der Waals surface area contributed by atoms with Crippen LogP contribution in [0.2, 0.25) is 0 Å². The molecule has 0 aliphatic carbocycles. The molecule has 0 heterocycles. The highest BCUT2D eigenvalue weighted by molar-refractivity contribution is 5.67.